The van der Waals surface area contributed by atoms with Crippen LogP contribution in [-0.2, 0) is 0 Å². The molecule has 3 N–H and O–H groups in total. The van der Waals surface area contributed by atoms with Crippen molar-refractivity contribution in [1.29, 1.82) is 0 Å². The first-order valence-corrected chi connectivity index (χ1v) is 4.22. The Labute approximate surface area is 77.2 Å². The monoisotopic (exact) mass is 183 g/mol. The van der Waals surface area contributed by atoms with Crippen LogP contribution in [0.3, 0.4) is 0 Å². The highest BCUT2D eigenvalue weighted by Crippen LogP contribution is 2.20. The van der Waals surface area contributed by atoms with Gasteiger partial charge in [0.15, 0.2) is 0 Å². The minimum absolute atomic E-state index is 0.284. The van der Waals surface area contributed by atoms with E-state index in [9.17, 15) is 9.50 Å². The van der Waals surface area contributed by atoms with Gasteiger partial charge in [-0.1, -0.05) is 12.1 Å². The van der Waals surface area contributed by atoms with Crippen LogP contribution in [0.25, 0.3) is 0 Å². The van der Waals surface area contributed by atoms with Gasteiger partial charge in [0.05, 0.1) is 12.1 Å². The van der Waals surface area contributed by atoms with Crippen molar-refractivity contribution in [2.45, 2.75) is 26.0 Å². The highest BCUT2D eigenvalue weighted by Gasteiger charge is 2.15. The first-order chi connectivity index (χ1) is 6.04. The molecule has 0 amide bonds. The number of aliphatic hydroxyl groups is 1. The molecule has 0 radical (unpaired) electrons. The zero-order valence-electron chi connectivity index (χ0n) is 7.79. The third-order valence-corrected chi connectivity index (χ3v) is 2.19. The zero-order valence-corrected chi connectivity index (χ0v) is 7.79. The molecule has 2 nitrogen and oxygen atoms in total. The van der Waals surface area contributed by atoms with Crippen LogP contribution in [0.4, 0.5) is 4.39 Å². The van der Waals surface area contributed by atoms with Crippen LogP contribution in [0, 0.1) is 12.7 Å². The van der Waals surface area contributed by atoms with E-state index >= 15 is 0 Å². The Bertz CT molecular complexity index is 299. The first kappa shape index (κ1) is 10.2. The van der Waals surface area contributed by atoms with E-state index in [4.69, 9.17) is 5.73 Å². The third-order valence-electron chi connectivity index (χ3n) is 2.19. The Morgan fingerprint density at radius 3 is 2.62 bits per heavy atom. The van der Waals surface area contributed by atoms with Crippen molar-refractivity contribution in [3.05, 3.63) is 35.1 Å². The molecule has 0 bridgehead atoms. The lowest BCUT2D eigenvalue weighted by atomic mass is 9.98. The number of hydrogen-bond donors (Lipinski definition) is 2. The van der Waals surface area contributed by atoms with Crippen molar-refractivity contribution in [3.8, 4) is 0 Å². The van der Waals surface area contributed by atoms with Gasteiger partial charge in [0.25, 0.3) is 0 Å². The Morgan fingerprint density at radius 2 is 2.08 bits per heavy atom. The molecule has 1 unspecified atom stereocenters. The van der Waals surface area contributed by atoms with Gasteiger partial charge < -0.3 is 10.8 Å². The molecule has 0 spiro atoms. The van der Waals surface area contributed by atoms with Gasteiger partial charge in [0.1, 0.15) is 5.82 Å². The molecule has 0 heterocycles. The van der Waals surface area contributed by atoms with Gasteiger partial charge in [-0.15, -0.1) is 0 Å². The lowest BCUT2D eigenvalue weighted by Gasteiger charge is -2.17. The Kier molecular flexibility index (Phi) is 3.01. The van der Waals surface area contributed by atoms with Crippen LogP contribution < -0.4 is 5.73 Å². The smallest absolute Gasteiger partial charge is 0.126 e. The quantitative estimate of drug-likeness (QED) is 0.730. The predicted octanol–water partition coefficient (Wildman–Crippen LogP) is 1.51. The molecule has 0 aliphatic rings. The maximum absolute atomic E-state index is 13.1. The Balaban J connectivity index is 3.07. The average Bonchev–Trinajstić information content (AvgIpc) is 2.08. The number of rotatable bonds is 2. The van der Waals surface area contributed by atoms with Crippen LogP contribution in [0.1, 0.15) is 24.1 Å². The Morgan fingerprint density at radius 1 is 1.46 bits per heavy atom. The SMILES string of the molecule is Cc1c(F)cccc1[C@H](N)C(C)O. The van der Waals surface area contributed by atoms with Crippen LogP contribution in [0.5, 0.6) is 0 Å². The molecule has 1 aromatic rings. The molecule has 0 aliphatic carbocycles. The summed E-state index contributed by atoms with van der Waals surface area (Å²) in [6.07, 6.45) is -0.666. The molecule has 0 fully saturated rings. The van der Waals surface area contributed by atoms with E-state index in [0.29, 0.717) is 11.1 Å². The summed E-state index contributed by atoms with van der Waals surface area (Å²) in [5.41, 5.74) is 6.86. The van der Waals surface area contributed by atoms with Crippen LogP contribution >= 0.6 is 0 Å². The van der Waals surface area contributed by atoms with E-state index in [1.165, 1.54) is 6.07 Å². The van der Waals surface area contributed by atoms with Crippen molar-refractivity contribution in [2.75, 3.05) is 0 Å². The molecule has 0 aromatic heterocycles. The second-order valence-electron chi connectivity index (χ2n) is 3.22. The number of benzene rings is 1. The molecular formula is C10H14FNO. The average molecular weight is 183 g/mol. The maximum atomic E-state index is 13.1. The molecule has 72 valence electrons. The van der Waals surface area contributed by atoms with Crippen LogP contribution in [0.15, 0.2) is 18.2 Å². The molecule has 3 heteroatoms. The van der Waals surface area contributed by atoms with E-state index in [-0.39, 0.29) is 5.82 Å². The van der Waals surface area contributed by atoms with Crippen LogP contribution in [-0.4, -0.2) is 11.2 Å². The van der Waals surface area contributed by atoms with Crippen molar-refractivity contribution < 1.29 is 9.50 Å². The summed E-state index contributed by atoms with van der Waals surface area (Å²) in [6, 6.07) is 4.19. The van der Waals surface area contributed by atoms with Gasteiger partial charge in [0.2, 0.25) is 0 Å². The van der Waals surface area contributed by atoms with Crippen molar-refractivity contribution in [3.63, 3.8) is 0 Å². The number of nitrogens with two attached hydrogens (primary N) is 1. The van der Waals surface area contributed by atoms with Gasteiger partial charge >= 0.3 is 0 Å². The predicted molar refractivity (Wildman–Crippen MR) is 49.7 cm³/mol. The maximum Gasteiger partial charge on any atom is 0.126 e. The molecule has 0 saturated heterocycles. The van der Waals surface area contributed by atoms with E-state index < -0.39 is 12.1 Å². The van der Waals surface area contributed by atoms with E-state index in [2.05, 4.69) is 0 Å². The second-order valence-corrected chi connectivity index (χ2v) is 3.22. The van der Waals surface area contributed by atoms with Crippen molar-refractivity contribution in [1.82, 2.24) is 0 Å². The van der Waals surface area contributed by atoms with Gasteiger partial charge in [-0.05, 0) is 31.0 Å². The van der Waals surface area contributed by atoms with E-state index in [0.717, 1.165) is 0 Å². The normalized spacial score (nSPS) is 15.5. The van der Waals surface area contributed by atoms with Gasteiger partial charge in [-0.2, -0.15) is 0 Å². The lowest BCUT2D eigenvalue weighted by molar-refractivity contribution is 0.164. The van der Waals surface area contributed by atoms with Gasteiger partial charge in [-0.3, -0.25) is 0 Å². The van der Waals surface area contributed by atoms with Gasteiger partial charge in [-0.25, -0.2) is 4.39 Å². The summed E-state index contributed by atoms with van der Waals surface area (Å²) in [4.78, 5) is 0. The van der Waals surface area contributed by atoms with E-state index in [1.54, 1.807) is 26.0 Å². The molecule has 2 atom stereocenters. The second kappa shape index (κ2) is 3.85. The highest BCUT2D eigenvalue weighted by molar-refractivity contribution is 5.30. The number of hydrogen-bond acceptors (Lipinski definition) is 2. The molecule has 0 aliphatic heterocycles. The topological polar surface area (TPSA) is 46.2 Å². The summed E-state index contributed by atoms with van der Waals surface area (Å²) >= 11 is 0. The van der Waals surface area contributed by atoms with Gasteiger partial charge in [0, 0.05) is 0 Å². The number of aliphatic hydroxyl groups excluding tert-OH is 1. The Hall–Kier alpha value is -0.930. The highest BCUT2D eigenvalue weighted by atomic mass is 19.1. The first-order valence-electron chi connectivity index (χ1n) is 4.22. The minimum Gasteiger partial charge on any atom is -0.391 e. The molecule has 13 heavy (non-hydrogen) atoms. The van der Waals surface area contributed by atoms with E-state index in [1.807, 2.05) is 0 Å². The summed E-state index contributed by atoms with van der Waals surface area (Å²) in [7, 11) is 0. The fourth-order valence-electron chi connectivity index (χ4n) is 1.25. The lowest BCUT2D eigenvalue weighted by Crippen LogP contribution is -2.24. The van der Waals surface area contributed by atoms with Crippen molar-refractivity contribution >= 4 is 0 Å². The summed E-state index contributed by atoms with van der Waals surface area (Å²) in [5.74, 6) is -0.284. The molecule has 1 aromatic carbocycles. The van der Waals surface area contributed by atoms with Crippen molar-refractivity contribution in [2.24, 2.45) is 5.73 Å². The molecule has 1 rings (SSSR count). The fourth-order valence-corrected chi connectivity index (χ4v) is 1.25. The fraction of sp³-hybridized carbons (Fsp3) is 0.400. The third kappa shape index (κ3) is 2.05. The van der Waals surface area contributed by atoms with Crippen LogP contribution in [0.2, 0.25) is 0 Å². The molecular weight excluding hydrogens is 169 g/mol. The molecule has 0 saturated carbocycles. The minimum atomic E-state index is -0.666. The standard InChI is InChI=1S/C10H14FNO/c1-6-8(10(12)7(2)13)4-3-5-9(6)11/h3-5,7,10,13H,12H2,1-2H3/t7?,10-/m1/s1. The largest absolute Gasteiger partial charge is 0.391 e. The summed E-state index contributed by atoms with van der Waals surface area (Å²) in [5, 5.41) is 9.24. The summed E-state index contributed by atoms with van der Waals surface area (Å²) in [6.45, 7) is 3.25. The number of halogens is 1. The summed E-state index contributed by atoms with van der Waals surface area (Å²) < 4.78 is 13.1. The zero-order chi connectivity index (χ0) is 10.0.